The molecule has 10 heteroatoms. The first kappa shape index (κ1) is 20.7. The molecule has 0 radical (unpaired) electrons. The highest BCUT2D eigenvalue weighted by molar-refractivity contribution is 8.01. The van der Waals surface area contributed by atoms with Gasteiger partial charge in [-0.25, -0.2) is 9.18 Å². The van der Waals surface area contributed by atoms with Crippen molar-refractivity contribution in [3.8, 4) is 0 Å². The van der Waals surface area contributed by atoms with Crippen LogP contribution >= 0.6 is 11.8 Å². The van der Waals surface area contributed by atoms with Crippen LogP contribution in [0, 0.1) is 5.82 Å². The summed E-state index contributed by atoms with van der Waals surface area (Å²) in [4.78, 5) is 48.5. The first-order valence-corrected chi connectivity index (χ1v) is 9.29. The Hall–Kier alpha value is -2.62. The standard InChI is InChI=1S/C17H20FN3O5S/c1-10(15(23)21-8-7-19-17(21)25)26-16(24)11(2)27-9-14(22)20-13-5-3-12(18)4-6-13/h3-6,10-11H,7-9H2,1-2H3,(H,19,25)(H,20,22)/t10-,11-/m0/s1. The van der Waals surface area contributed by atoms with Gasteiger partial charge in [-0.2, -0.15) is 0 Å². The van der Waals surface area contributed by atoms with Crippen LogP contribution < -0.4 is 10.6 Å². The molecule has 0 spiro atoms. The van der Waals surface area contributed by atoms with E-state index in [1.54, 1.807) is 6.92 Å². The summed E-state index contributed by atoms with van der Waals surface area (Å²) in [5, 5.41) is 4.39. The van der Waals surface area contributed by atoms with Gasteiger partial charge in [-0.15, -0.1) is 11.8 Å². The van der Waals surface area contributed by atoms with Crippen LogP contribution in [-0.2, 0) is 19.1 Å². The number of hydrogen-bond donors (Lipinski definition) is 2. The van der Waals surface area contributed by atoms with Gasteiger partial charge >= 0.3 is 12.0 Å². The summed E-state index contributed by atoms with van der Waals surface area (Å²) < 4.78 is 17.9. The minimum absolute atomic E-state index is 0.0233. The van der Waals surface area contributed by atoms with Gasteiger partial charge in [-0.05, 0) is 38.1 Å². The van der Waals surface area contributed by atoms with Crippen LogP contribution in [0.3, 0.4) is 0 Å². The number of hydrogen-bond acceptors (Lipinski definition) is 6. The molecular formula is C17H20FN3O5S. The van der Waals surface area contributed by atoms with E-state index in [1.807, 2.05) is 0 Å². The molecule has 0 saturated carbocycles. The number of thioether (sulfide) groups is 1. The summed E-state index contributed by atoms with van der Waals surface area (Å²) in [6.45, 7) is 3.54. The normalized spacial score (nSPS) is 15.7. The second-order valence-corrected chi connectivity index (χ2v) is 7.14. The first-order valence-electron chi connectivity index (χ1n) is 8.24. The summed E-state index contributed by atoms with van der Waals surface area (Å²) in [7, 11) is 0. The number of carbonyl (C=O) groups excluding carboxylic acids is 4. The number of urea groups is 1. The van der Waals surface area contributed by atoms with Gasteiger partial charge in [0.2, 0.25) is 5.91 Å². The molecule has 2 N–H and O–H groups in total. The van der Waals surface area contributed by atoms with E-state index in [0.29, 0.717) is 12.2 Å². The van der Waals surface area contributed by atoms with Crippen molar-refractivity contribution in [2.75, 3.05) is 24.2 Å². The number of esters is 1. The van der Waals surface area contributed by atoms with E-state index in [1.165, 1.54) is 31.2 Å². The van der Waals surface area contributed by atoms with Crippen molar-refractivity contribution in [2.24, 2.45) is 0 Å². The average molecular weight is 397 g/mol. The molecule has 1 saturated heterocycles. The van der Waals surface area contributed by atoms with Gasteiger partial charge in [0, 0.05) is 18.8 Å². The SMILES string of the molecule is C[C@H](OC(=O)[C@H](C)SCC(=O)Nc1ccc(F)cc1)C(=O)N1CCNC1=O. The lowest BCUT2D eigenvalue weighted by molar-refractivity contribution is -0.156. The van der Waals surface area contributed by atoms with Crippen LogP contribution in [0.2, 0.25) is 0 Å². The summed E-state index contributed by atoms with van der Waals surface area (Å²) in [6.07, 6.45) is -1.10. The summed E-state index contributed by atoms with van der Waals surface area (Å²) >= 11 is 1.04. The third-order valence-corrected chi connectivity index (χ3v) is 4.81. The number of nitrogens with zero attached hydrogens (tertiary/aromatic N) is 1. The van der Waals surface area contributed by atoms with E-state index >= 15 is 0 Å². The third-order valence-electron chi connectivity index (χ3n) is 3.69. The number of nitrogens with one attached hydrogen (secondary N) is 2. The Labute approximate surface area is 159 Å². The second kappa shape index (κ2) is 9.36. The maximum atomic E-state index is 12.8. The number of imide groups is 1. The summed E-state index contributed by atoms with van der Waals surface area (Å²) in [5.74, 6) is -2.04. The molecule has 0 unspecified atom stereocenters. The minimum atomic E-state index is -1.10. The van der Waals surface area contributed by atoms with Crippen molar-refractivity contribution in [3.05, 3.63) is 30.1 Å². The van der Waals surface area contributed by atoms with E-state index in [2.05, 4.69) is 10.6 Å². The molecule has 1 fully saturated rings. The van der Waals surface area contributed by atoms with E-state index in [-0.39, 0.29) is 18.2 Å². The van der Waals surface area contributed by atoms with Gasteiger partial charge in [0.05, 0.1) is 5.75 Å². The number of benzene rings is 1. The molecule has 4 amide bonds. The molecule has 1 aliphatic heterocycles. The first-order chi connectivity index (χ1) is 12.8. The molecule has 0 aromatic heterocycles. The Morgan fingerprint density at radius 1 is 1.30 bits per heavy atom. The fraction of sp³-hybridized carbons (Fsp3) is 0.412. The number of carbonyl (C=O) groups is 4. The molecule has 8 nitrogen and oxygen atoms in total. The molecule has 2 rings (SSSR count). The lowest BCUT2D eigenvalue weighted by Gasteiger charge is -2.19. The maximum Gasteiger partial charge on any atom is 0.324 e. The highest BCUT2D eigenvalue weighted by atomic mass is 32.2. The van der Waals surface area contributed by atoms with E-state index in [0.717, 1.165) is 16.7 Å². The number of rotatable bonds is 7. The van der Waals surface area contributed by atoms with Gasteiger partial charge < -0.3 is 15.4 Å². The molecule has 0 bridgehead atoms. The van der Waals surface area contributed by atoms with Crippen LogP contribution in [0.1, 0.15) is 13.8 Å². The van der Waals surface area contributed by atoms with Gasteiger partial charge in [-0.3, -0.25) is 19.3 Å². The van der Waals surface area contributed by atoms with E-state index in [4.69, 9.17) is 4.74 Å². The van der Waals surface area contributed by atoms with E-state index < -0.39 is 35.1 Å². The summed E-state index contributed by atoms with van der Waals surface area (Å²) in [5.41, 5.74) is 0.445. The van der Waals surface area contributed by atoms with E-state index in [9.17, 15) is 23.6 Å². The molecule has 0 aliphatic carbocycles. The molecule has 1 aromatic carbocycles. The third kappa shape index (κ3) is 5.95. The van der Waals surface area contributed by atoms with Crippen LogP contribution in [0.25, 0.3) is 0 Å². The molecular weight excluding hydrogens is 377 g/mol. The highest BCUT2D eigenvalue weighted by Gasteiger charge is 2.32. The summed E-state index contributed by atoms with van der Waals surface area (Å²) in [6, 6.07) is 4.79. The smallest absolute Gasteiger partial charge is 0.324 e. The lowest BCUT2D eigenvalue weighted by atomic mass is 10.3. The second-order valence-electron chi connectivity index (χ2n) is 5.81. The van der Waals surface area contributed by atoms with Crippen molar-refractivity contribution in [1.29, 1.82) is 0 Å². The zero-order valence-electron chi connectivity index (χ0n) is 14.9. The molecule has 1 aromatic rings. The van der Waals surface area contributed by atoms with Crippen molar-refractivity contribution < 1.29 is 28.3 Å². The Morgan fingerprint density at radius 3 is 2.56 bits per heavy atom. The fourth-order valence-corrected chi connectivity index (χ4v) is 2.89. The number of ether oxygens (including phenoxy) is 1. The Kier molecular flexibility index (Phi) is 7.17. The predicted octanol–water partition coefficient (Wildman–Crippen LogP) is 1.37. The van der Waals surface area contributed by atoms with Crippen LogP contribution in [0.4, 0.5) is 14.9 Å². The Balaban J connectivity index is 1.75. The van der Waals surface area contributed by atoms with Crippen molar-refractivity contribution >= 4 is 41.3 Å². The zero-order valence-corrected chi connectivity index (χ0v) is 15.7. The highest BCUT2D eigenvalue weighted by Crippen LogP contribution is 2.15. The molecule has 2 atom stereocenters. The van der Waals surface area contributed by atoms with Crippen LogP contribution in [-0.4, -0.2) is 58.9 Å². The minimum Gasteiger partial charge on any atom is -0.452 e. The van der Waals surface area contributed by atoms with Crippen molar-refractivity contribution in [2.45, 2.75) is 25.2 Å². The van der Waals surface area contributed by atoms with Gasteiger partial charge in [-0.1, -0.05) is 0 Å². The van der Waals surface area contributed by atoms with Gasteiger partial charge in [0.1, 0.15) is 11.1 Å². The molecule has 1 aliphatic rings. The predicted molar refractivity (Wildman–Crippen MR) is 97.6 cm³/mol. The monoisotopic (exact) mass is 397 g/mol. The molecule has 1 heterocycles. The lowest BCUT2D eigenvalue weighted by Crippen LogP contribution is -2.42. The Bertz CT molecular complexity index is 728. The zero-order chi connectivity index (χ0) is 20.0. The molecule has 27 heavy (non-hydrogen) atoms. The quantitative estimate of drug-likeness (QED) is 0.674. The fourth-order valence-electron chi connectivity index (χ4n) is 2.22. The van der Waals surface area contributed by atoms with Crippen LogP contribution in [0.15, 0.2) is 24.3 Å². The van der Waals surface area contributed by atoms with Crippen LogP contribution in [0.5, 0.6) is 0 Å². The van der Waals surface area contributed by atoms with Crippen molar-refractivity contribution in [3.63, 3.8) is 0 Å². The number of halogens is 1. The topological polar surface area (TPSA) is 105 Å². The number of anilines is 1. The van der Waals surface area contributed by atoms with Gasteiger partial charge in [0.25, 0.3) is 5.91 Å². The Morgan fingerprint density at radius 2 is 1.96 bits per heavy atom. The molecule has 146 valence electrons. The average Bonchev–Trinajstić information content (AvgIpc) is 3.06. The number of amides is 4. The maximum absolute atomic E-state index is 12.8. The largest absolute Gasteiger partial charge is 0.452 e. The van der Waals surface area contributed by atoms with Crippen molar-refractivity contribution in [1.82, 2.24) is 10.2 Å². The van der Waals surface area contributed by atoms with Gasteiger partial charge in [0.15, 0.2) is 6.10 Å².